The number of aliphatic hydroxyl groups is 1. The van der Waals surface area contributed by atoms with Crippen molar-refractivity contribution >= 4 is 6.03 Å². The van der Waals surface area contributed by atoms with Crippen LogP contribution < -0.4 is 10.6 Å². The van der Waals surface area contributed by atoms with Gasteiger partial charge in [0.25, 0.3) is 0 Å². The number of nitrogens with zero attached hydrogens (tertiary/aromatic N) is 1. The average Bonchev–Trinajstić information content (AvgIpc) is 2.60. The van der Waals surface area contributed by atoms with Gasteiger partial charge in [-0.1, -0.05) is 30.7 Å². The molecule has 5 nitrogen and oxygen atoms in total. The van der Waals surface area contributed by atoms with E-state index in [9.17, 15) is 4.79 Å². The van der Waals surface area contributed by atoms with Crippen LogP contribution in [0.2, 0.25) is 0 Å². The number of aliphatic hydroxyl groups excluding tert-OH is 1. The van der Waals surface area contributed by atoms with Crippen LogP contribution in [0.15, 0.2) is 24.3 Å². The molecule has 1 saturated heterocycles. The maximum Gasteiger partial charge on any atom is 0.315 e. The molecule has 2 rings (SSSR count). The Labute approximate surface area is 145 Å². The molecular weight excluding hydrogens is 302 g/mol. The lowest BCUT2D eigenvalue weighted by Crippen LogP contribution is -2.40. The van der Waals surface area contributed by atoms with E-state index in [4.69, 9.17) is 5.11 Å². The average molecular weight is 333 g/mol. The van der Waals surface area contributed by atoms with Crippen molar-refractivity contribution in [2.45, 2.75) is 58.2 Å². The van der Waals surface area contributed by atoms with Gasteiger partial charge in [-0.3, -0.25) is 4.90 Å². The summed E-state index contributed by atoms with van der Waals surface area (Å²) in [5.74, 6) is 0. The molecule has 0 bridgehead atoms. The molecule has 0 saturated carbocycles. The van der Waals surface area contributed by atoms with Crippen LogP contribution in [0.3, 0.4) is 0 Å². The Morgan fingerprint density at radius 3 is 2.62 bits per heavy atom. The summed E-state index contributed by atoms with van der Waals surface area (Å²) in [5, 5.41) is 14.7. The fourth-order valence-electron chi connectivity index (χ4n) is 3.16. The lowest BCUT2D eigenvalue weighted by atomic mass is 10.0. The Morgan fingerprint density at radius 1 is 1.21 bits per heavy atom. The molecule has 1 aliphatic rings. The molecule has 1 aliphatic heterocycles. The first-order valence-corrected chi connectivity index (χ1v) is 9.13. The highest BCUT2D eigenvalue weighted by Gasteiger charge is 2.13. The molecule has 3 N–H and O–H groups in total. The quantitative estimate of drug-likeness (QED) is 0.685. The predicted molar refractivity (Wildman–Crippen MR) is 96.7 cm³/mol. The van der Waals surface area contributed by atoms with Gasteiger partial charge in [0.1, 0.15) is 0 Å². The Morgan fingerprint density at radius 2 is 1.92 bits per heavy atom. The van der Waals surface area contributed by atoms with Crippen LogP contribution in [0.4, 0.5) is 4.79 Å². The molecule has 0 radical (unpaired) electrons. The molecule has 1 atom stereocenters. The molecule has 1 heterocycles. The number of amides is 2. The monoisotopic (exact) mass is 333 g/mol. The van der Waals surface area contributed by atoms with Crippen molar-refractivity contribution in [2.24, 2.45) is 0 Å². The number of carbonyl (C=O) groups is 1. The zero-order valence-corrected chi connectivity index (χ0v) is 14.8. The summed E-state index contributed by atoms with van der Waals surface area (Å²) < 4.78 is 0. The van der Waals surface area contributed by atoms with Gasteiger partial charge >= 0.3 is 6.03 Å². The Kier molecular flexibility index (Phi) is 8.05. The van der Waals surface area contributed by atoms with Crippen LogP contribution in [0.1, 0.15) is 50.2 Å². The first-order valence-electron chi connectivity index (χ1n) is 9.13. The molecule has 0 aliphatic carbocycles. The number of rotatable bonds is 8. The second-order valence-corrected chi connectivity index (χ2v) is 6.70. The lowest BCUT2D eigenvalue weighted by molar-refractivity contribution is 0.220. The molecular formula is C19H31N3O2. The van der Waals surface area contributed by atoms with E-state index >= 15 is 0 Å². The van der Waals surface area contributed by atoms with Crippen LogP contribution in [-0.4, -0.2) is 41.8 Å². The van der Waals surface area contributed by atoms with Crippen molar-refractivity contribution in [3.63, 3.8) is 0 Å². The topological polar surface area (TPSA) is 64.6 Å². The third kappa shape index (κ3) is 6.49. The van der Waals surface area contributed by atoms with Gasteiger partial charge in [0, 0.05) is 25.7 Å². The van der Waals surface area contributed by atoms with Gasteiger partial charge in [-0.05, 0) is 56.8 Å². The maximum atomic E-state index is 12.0. The van der Waals surface area contributed by atoms with Gasteiger partial charge in [-0.15, -0.1) is 0 Å². The van der Waals surface area contributed by atoms with Gasteiger partial charge in [0.2, 0.25) is 0 Å². The van der Waals surface area contributed by atoms with E-state index in [0.717, 1.165) is 13.0 Å². The van der Waals surface area contributed by atoms with Gasteiger partial charge in [0.05, 0.1) is 0 Å². The molecule has 1 aromatic carbocycles. The van der Waals surface area contributed by atoms with Crippen molar-refractivity contribution in [1.29, 1.82) is 0 Å². The van der Waals surface area contributed by atoms with E-state index in [0.29, 0.717) is 13.0 Å². The number of nitrogens with one attached hydrogen (secondary N) is 2. The van der Waals surface area contributed by atoms with Gasteiger partial charge < -0.3 is 15.7 Å². The van der Waals surface area contributed by atoms with E-state index in [1.54, 1.807) is 0 Å². The highest BCUT2D eigenvalue weighted by Crippen LogP contribution is 2.16. The summed E-state index contributed by atoms with van der Waals surface area (Å²) in [4.78, 5) is 14.5. The van der Waals surface area contributed by atoms with Crippen molar-refractivity contribution in [3.05, 3.63) is 35.4 Å². The minimum atomic E-state index is -0.145. The largest absolute Gasteiger partial charge is 0.396 e. The molecule has 1 unspecified atom stereocenters. The van der Waals surface area contributed by atoms with Gasteiger partial charge in [-0.25, -0.2) is 4.79 Å². The second kappa shape index (κ2) is 10.3. The summed E-state index contributed by atoms with van der Waals surface area (Å²) in [7, 11) is 0. The van der Waals surface area contributed by atoms with Crippen molar-refractivity contribution in [2.75, 3.05) is 19.7 Å². The van der Waals surface area contributed by atoms with Crippen LogP contribution in [0.25, 0.3) is 0 Å². The Balaban J connectivity index is 1.82. The SMILES string of the molecule is CC(CCCO)NC(=O)NCc1ccccc1CN1CCCCC1. The zero-order chi connectivity index (χ0) is 17.2. The number of urea groups is 1. The van der Waals surface area contributed by atoms with E-state index in [1.165, 1.54) is 43.5 Å². The first-order chi connectivity index (χ1) is 11.7. The van der Waals surface area contributed by atoms with Gasteiger partial charge in [0.15, 0.2) is 0 Å². The standard InChI is InChI=1S/C19H31N3O2/c1-16(8-7-13-23)21-19(24)20-14-17-9-3-4-10-18(17)15-22-11-5-2-6-12-22/h3-4,9-10,16,23H,2,5-8,11-15H2,1H3,(H2,20,21,24). The molecule has 134 valence electrons. The molecule has 0 aromatic heterocycles. The predicted octanol–water partition coefficient (Wildman–Crippen LogP) is 2.63. The zero-order valence-electron chi connectivity index (χ0n) is 14.8. The van der Waals surface area contributed by atoms with E-state index in [-0.39, 0.29) is 18.7 Å². The first kappa shape index (κ1) is 18.7. The summed E-state index contributed by atoms with van der Waals surface area (Å²) in [6.45, 7) is 5.97. The number of benzene rings is 1. The van der Waals surface area contributed by atoms with Crippen LogP contribution >= 0.6 is 0 Å². The fourth-order valence-corrected chi connectivity index (χ4v) is 3.16. The molecule has 1 fully saturated rings. The highest BCUT2D eigenvalue weighted by molar-refractivity contribution is 5.74. The van der Waals surface area contributed by atoms with Crippen LogP contribution in [-0.2, 0) is 13.1 Å². The number of likely N-dealkylation sites (tertiary alicyclic amines) is 1. The molecule has 5 heteroatoms. The summed E-state index contributed by atoms with van der Waals surface area (Å²) in [6.07, 6.45) is 5.41. The smallest absolute Gasteiger partial charge is 0.315 e. The Bertz CT molecular complexity index is 501. The minimum Gasteiger partial charge on any atom is -0.396 e. The van der Waals surface area contributed by atoms with Crippen molar-refractivity contribution < 1.29 is 9.90 Å². The number of carbonyl (C=O) groups excluding carboxylic acids is 1. The number of hydrogen-bond acceptors (Lipinski definition) is 3. The third-order valence-electron chi connectivity index (χ3n) is 4.57. The molecule has 1 aromatic rings. The van der Waals surface area contributed by atoms with Crippen LogP contribution in [0.5, 0.6) is 0 Å². The highest BCUT2D eigenvalue weighted by atomic mass is 16.3. The van der Waals surface area contributed by atoms with Crippen molar-refractivity contribution in [1.82, 2.24) is 15.5 Å². The molecule has 0 spiro atoms. The number of hydrogen-bond donors (Lipinski definition) is 3. The summed E-state index contributed by atoms with van der Waals surface area (Å²) in [6, 6.07) is 8.27. The van der Waals surface area contributed by atoms with E-state index in [2.05, 4.69) is 33.7 Å². The Hall–Kier alpha value is -1.59. The van der Waals surface area contributed by atoms with E-state index < -0.39 is 0 Å². The lowest BCUT2D eigenvalue weighted by Gasteiger charge is -2.27. The molecule has 2 amide bonds. The van der Waals surface area contributed by atoms with Crippen LogP contribution in [0, 0.1) is 0 Å². The van der Waals surface area contributed by atoms with Gasteiger partial charge in [-0.2, -0.15) is 0 Å². The second-order valence-electron chi connectivity index (χ2n) is 6.70. The van der Waals surface area contributed by atoms with Crippen molar-refractivity contribution in [3.8, 4) is 0 Å². The van der Waals surface area contributed by atoms with E-state index in [1.807, 2.05) is 13.0 Å². The minimum absolute atomic E-state index is 0.0701. The summed E-state index contributed by atoms with van der Waals surface area (Å²) >= 11 is 0. The molecule has 24 heavy (non-hydrogen) atoms. The maximum absolute atomic E-state index is 12.0. The third-order valence-corrected chi connectivity index (χ3v) is 4.57. The normalized spacial score (nSPS) is 16.6. The summed E-state index contributed by atoms with van der Waals surface area (Å²) in [5.41, 5.74) is 2.48. The number of piperidine rings is 1. The fraction of sp³-hybridized carbons (Fsp3) is 0.632.